The number of anilines is 1. The monoisotopic (exact) mass is 303 g/mol. The number of hydrogen-bond donors (Lipinski definition) is 1. The number of hydrogen-bond acceptors (Lipinski definition) is 2. The van der Waals surface area contributed by atoms with Crippen LogP contribution in [0.3, 0.4) is 0 Å². The molecule has 0 radical (unpaired) electrons. The summed E-state index contributed by atoms with van der Waals surface area (Å²) in [6.07, 6.45) is 5.71. The first-order valence-corrected chi connectivity index (χ1v) is 9.28. The molecule has 0 saturated heterocycles. The lowest BCUT2D eigenvalue weighted by Gasteiger charge is -2.19. The van der Waals surface area contributed by atoms with E-state index in [-0.39, 0.29) is 0 Å². The van der Waals surface area contributed by atoms with Crippen LogP contribution in [0.15, 0.2) is 0 Å². The summed E-state index contributed by atoms with van der Waals surface area (Å²) >= 11 is 1.97. The van der Waals surface area contributed by atoms with Crippen molar-refractivity contribution in [3.05, 3.63) is 27.8 Å². The molecule has 0 amide bonds. The van der Waals surface area contributed by atoms with Crippen LogP contribution >= 0.6 is 11.3 Å². The maximum Gasteiger partial charge on any atom is 0.0925 e. The molecule has 116 valence electrons. The Kier molecular flexibility index (Phi) is 5.32. The van der Waals surface area contributed by atoms with E-state index in [0.717, 1.165) is 32.1 Å². The zero-order chi connectivity index (χ0) is 15.6. The molecule has 0 spiro atoms. The fourth-order valence-electron chi connectivity index (χ4n) is 3.81. The summed E-state index contributed by atoms with van der Waals surface area (Å²) in [5.41, 5.74) is 7.98. The van der Waals surface area contributed by atoms with Crippen molar-refractivity contribution >= 4 is 26.4 Å². The van der Waals surface area contributed by atoms with Gasteiger partial charge in [0.25, 0.3) is 0 Å². The third-order valence-corrected chi connectivity index (χ3v) is 5.98. The summed E-state index contributed by atoms with van der Waals surface area (Å²) in [6.45, 7) is 11.5. The molecule has 0 atom stereocenters. The van der Waals surface area contributed by atoms with Gasteiger partial charge >= 0.3 is 0 Å². The Labute approximate surface area is 133 Å². The van der Waals surface area contributed by atoms with Gasteiger partial charge in [-0.1, -0.05) is 34.6 Å². The van der Waals surface area contributed by atoms with Crippen LogP contribution < -0.4 is 5.32 Å². The van der Waals surface area contributed by atoms with Crippen LogP contribution in [0.2, 0.25) is 0 Å². The SMILES string of the molecule is CCc1c(CC)c(CC)c2c(CC)c(NC)sc2c1CC. The lowest BCUT2D eigenvalue weighted by atomic mass is 9.86. The Balaban J connectivity index is 3.01. The second-order valence-corrected chi connectivity index (χ2v) is 6.57. The standard InChI is InChI=1S/C19H29NS/c1-7-12-13(8-2)15(10-4)18-17(14(12)9-3)16(11-5)19(20-6)21-18/h20H,7-11H2,1-6H3. The Morgan fingerprint density at radius 3 is 1.57 bits per heavy atom. The van der Waals surface area contributed by atoms with E-state index in [1.165, 1.54) is 10.6 Å². The molecule has 0 aliphatic carbocycles. The number of aryl methyl sites for hydroxylation is 3. The van der Waals surface area contributed by atoms with Crippen molar-refractivity contribution in [2.24, 2.45) is 0 Å². The van der Waals surface area contributed by atoms with Crippen molar-refractivity contribution in [1.82, 2.24) is 0 Å². The highest BCUT2D eigenvalue weighted by Crippen LogP contribution is 2.43. The fraction of sp³-hybridized carbons (Fsp3) is 0.579. The van der Waals surface area contributed by atoms with E-state index in [1.807, 2.05) is 11.3 Å². The summed E-state index contributed by atoms with van der Waals surface area (Å²) < 4.78 is 1.55. The summed E-state index contributed by atoms with van der Waals surface area (Å²) in [5.74, 6) is 0. The fourth-order valence-corrected chi connectivity index (χ4v) is 5.22. The van der Waals surface area contributed by atoms with E-state index in [4.69, 9.17) is 0 Å². The van der Waals surface area contributed by atoms with Gasteiger partial charge in [-0.05, 0) is 59.9 Å². The number of benzene rings is 1. The summed E-state index contributed by atoms with van der Waals surface area (Å²) in [4.78, 5) is 0. The van der Waals surface area contributed by atoms with E-state index in [2.05, 4.69) is 47.0 Å². The minimum Gasteiger partial charge on any atom is -0.380 e. The molecule has 0 saturated carbocycles. The first-order valence-electron chi connectivity index (χ1n) is 8.46. The molecule has 1 aromatic carbocycles. The molecule has 1 heterocycles. The molecule has 2 rings (SSSR count). The van der Waals surface area contributed by atoms with Crippen LogP contribution in [0.5, 0.6) is 0 Å². The van der Waals surface area contributed by atoms with Gasteiger partial charge in [-0.15, -0.1) is 11.3 Å². The van der Waals surface area contributed by atoms with Gasteiger partial charge in [0, 0.05) is 17.1 Å². The summed E-state index contributed by atoms with van der Waals surface area (Å²) in [5, 5.41) is 6.37. The predicted molar refractivity (Wildman–Crippen MR) is 98.3 cm³/mol. The highest BCUT2D eigenvalue weighted by molar-refractivity contribution is 7.23. The predicted octanol–water partition coefficient (Wildman–Crippen LogP) is 5.76. The molecule has 0 fully saturated rings. The highest BCUT2D eigenvalue weighted by atomic mass is 32.1. The third-order valence-electron chi connectivity index (χ3n) is 4.67. The Morgan fingerprint density at radius 1 is 0.667 bits per heavy atom. The minimum absolute atomic E-state index is 1.11. The van der Waals surface area contributed by atoms with Gasteiger partial charge in [0.2, 0.25) is 0 Å². The summed E-state index contributed by atoms with van der Waals surface area (Å²) in [6, 6.07) is 0. The van der Waals surface area contributed by atoms with Gasteiger partial charge in [0.05, 0.1) is 5.00 Å². The van der Waals surface area contributed by atoms with Crippen molar-refractivity contribution in [2.45, 2.75) is 66.7 Å². The largest absolute Gasteiger partial charge is 0.380 e. The maximum absolute atomic E-state index is 3.43. The van der Waals surface area contributed by atoms with Gasteiger partial charge in [-0.2, -0.15) is 0 Å². The van der Waals surface area contributed by atoms with Gasteiger partial charge in [0.15, 0.2) is 0 Å². The van der Waals surface area contributed by atoms with Gasteiger partial charge in [-0.25, -0.2) is 0 Å². The van der Waals surface area contributed by atoms with Crippen molar-refractivity contribution in [3.8, 4) is 0 Å². The van der Waals surface area contributed by atoms with E-state index in [0.29, 0.717) is 0 Å². The van der Waals surface area contributed by atoms with Crippen LogP contribution in [0, 0.1) is 0 Å². The topological polar surface area (TPSA) is 12.0 Å². The molecule has 2 heteroatoms. The lowest BCUT2D eigenvalue weighted by molar-refractivity contribution is 0.960. The lowest BCUT2D eigenvalue weighted by Crippen LogP contribution is -2.04. The van der Waals surface area contributed by atoms with E-state index < -0.39 is 0 Å². The molecule has 0 bridgehead atoms. The first kappa shape index (κ1) is 16.4. The van der Waals surface area contributed by atoms with Crippen molar-refractivity contribution in [1.29, 1.82) is 0 Å². The Hall–Kier alpha value is -1.02. The summed E-state index contributed by atoms with van der Waals surface area (Å²) in [7, 11) is 2.06. The Bertz CT molecular complexity index is 637. The number of nitrogens with one attached hydrogen (secondary N) is 1. The number of rotatable bonds is 6. The van der Waals surface area contributed by atoms with Crippen molar-refractivity contribution < 1.29 is 0 Å². The quantitative estimate of drug-likeness (QED) is 0.716. The second kappa shape index (κ2) is 6.83. The average Bonchev–Trinajstić information content (AvgIpc) is 2.90. The van der Waals surface area contributed by atoms with Gasteiger partial charge in [0.1, 0.15) is 0 Å². The normalized spacial score (nSPS) is 11.3. The van der Waals surface area contributed by atoms with Crippen LogP contribution in [0.4, 0.5) is 5.00 Å². The van der Waals surface area contributed by atoms with Crippen LogP contribution in [0.1, 0.15) is 62.4 Å². The molecule has 1 aromatic heterocycles. The van der Waals surface area contributed by atoms with Crippen LogP contribution in [-0.4, -0.2) is 7.05 Å². The second-order valence-electron chi connectivity index (χ2n) is 5.55. The zero-order valence-corrected chi connectivity index (χ0v) is 15.3. The molecule has 2 aromatic rings. The molecule has 21 heavy (non-hydrogen) atoms. The van der Waals surface area contributed by atoms with E-state index in [1.54, 1.807) is 32.3 Å². The van der Waals surface area contributed by atoms with Crippen molar-refractivity contribution in [3.63, 3.8) is 0 Å². The molecule has 0 aliphatic heterocycles. The van der Waals surface area contributed by atoms with E-state index in [9.17, 15) is 0 Å². The smallest absolute Gasteiger partial charge is 0.0925 e. The molecule has 0 unspecified atom stereocenters. The van der Waals surface area contributed by atoms with Crippen molar-refractivity contribution in [2.75, 3.05) is 12.4 Å². The Morgan fingerprint density at radius 2 is 1.14 bits per heavy atom. The highest BCUT2D eigenvalue weighted by Gasteiger charge is 2.21. The van der Waals surface area contributed by atoms with Crippen LogP contribution in [-0.2, 0) is 32.1 Å². The molecular formula is C19H29NS. The molecule has 0 aliphatic rings. The zero-order valence-electron chi connectivity index (χ0n) is 14.4. The van der Waals surface area contributed by atoms with Gasteiger partial charge < -0.3 is 5.32 Å². The third kappa shape index (κ3) is 2.48. The number of thiophene rings is 1. The first-order chi connectivity index (χ1) is 10.2. The maximum atomic E-state index is 3.43. The van der Waals surface area contributed by atoms with Gasteiger partial charge in [-0.3, -0.25) is 0 Å². The molecule has 1 nitrogen and oxygen atoms in total. The van der Waals surface area contributed by atoms with Crippen LogP contribution in [0.25, 0.3) is 10.1 Å². The molecular weight excluding hydrogens is 274 g/mol. The average molecular weight is 304 g/mol. The number of fused-ring (bicyclic) bond motifs is 1. The van der Waals surface area contributed by atoms with E-state index >= 15 is 0 Å². The minimum atomic E-state index is 1.11. The molecule has 1 N–H and O–H groups in total.